The van der Waals surface area contributed by atoms with Gasteiger partial charge in [0, 0.05) is 26.2 Å². The van der Waals surface area contributed by atoms with Gasteiger partial charge < -0.3 is 19.5 Å². The topological polar surface area (TPSA) is 114 Å². The molecule has 1 aromatic heterocycles. The summed E-state index contributed by atoms with van der Waals surface area (Å²) < 4.78 is 47.7. The Kier molecular flexibility index (Phi) is 5.87. The molecule has 1 aromatic carbocycles. The minimum atomic E-state index is -3.96. The van der Waals surface area contributed by atoms with Crippen molar-refractivity contribution in [2.24, 2.45) is 7.05 Å². The average molecular weight is 413 g/mol. The molecule has 4 atom stereocenters. The van der Waals surface area contributed by atoms with Crippen LogP contribution in [0.2, 0.25) is 0 Å². The molecule has 10 heteroatoms. The number of aryl methyl sites for hydroxylation is 1. The summed E-state index contributed by atoms with van der Waals surface area (Å²) in [6.45, 7) is 1.38. The maximum absolute atomic E-state index is 13.2. The summed E-state index contributed by atoms with van der Waals surface area (Å²) in [5, 5.41) is 21.5. The van der Waals surface area contributed by atoms with E-state index in [1.54, 1.807) is 26.1 Å². The highest BCUT2D eigenvalue weighted by molar-refractivity contribution is 7.89. The van der Waals surface area contributed by atoms with Crippen LogP contribution in [0.3, 0.4) is 0 Å². The van der Waals surface area contributed by atoms with Crippen molar-refractivity contribution in [1.29, 1.82) is 0 Å². The zero-order valence-electron chi connectivity index (χ0n) is 15.6. The minimum Gasteiger partial charge on any atom is -0.387 e. The number of benzene rings is 1. The fourth-order valence-corrected chi connectivity index (χ4v) is 4.39. The van der Waals surface area contributed by atoms with Gasteiger partial charge >= 0.3 is 0 Å². The summed E-state index contributed by atoms with van der Waals surface area (Å²) in [5.41, 5.74) is -1.13. The van der Waals surface area contributed by atoms with Crippen LogP contribution in [0.5, 0.6) is 0 Å². The van der Waals surface area contributed by atoms with E-state index in [0.717, 1.165) is 0 Å². The SMILES string of the molecule is CC[C@H]1O[C@@H](c2ccc(F)cc2)C[C@@](O)(CNS(=O)(=O)c2cn(C)cn2)[C@@H]1O. The Morgan fingerprint density at radius 3 is 2.64 bits per heavy atom. The largest absolute Gasteiger partial charge is 0.387 e. The zero-order valence-corrected chi connectivity index (χ0v) is 16.4. The van der Waals surface area contributed by atoms with Gasteiger partial charge in [-0.25, -0.2) is 22.5 Å². The average Bonchev–Trinajstić information content (AvgIpc) is 3.11. The van der Waals surface area contributed by atoms with Gasteiger partial charge in [-0.1, -0.05) is 19.1 Å². The standard InChI is InChI=1S/C18H24FN3O5S/c1-3-14-17(23)18(24,8-15(27-14)12-4-6-13(19)7-5-12)10-21-28(25,26)16-9-22(2)11-20-16/h4-7,9,11,14-15,17,21,23-24H,3,8,10H2,1-2H3/t14-,15-,17-,18-/m1/s1. The Morgan fingerprint density at radius 2 is 2.07 bits per heavy atom. The molecule has 2 heterocycles. The molecular formula is C18H24FN3O5S. The third-order valence-corrected chi connectivity index (χ3v) is 6.24. The summed E-state index contributed by atoms with van der Waals surface area (Å²) in [6.07, 6.45) is 0.440. The first-order valence-electron chi connectivity index (χ1n) is 8.93. The van der Waals surface area contributed by atoms with Gasteiger partial charge in [-0.3, -0.25) is 0 Å². The Labute approximate surface area is 163 Å². The van der Waals surface area contributed by atoms with Crippen molar-refractivity contribution >= 4 is 10.0 Å². The second-order valence-corrected chi connectivity index (χ2v) is 8.79. The Hall–Kier alpha value is -1.85. The maximum Gasteiger partial charge on any atom is 0.259 e. The van der Waals surface area contributed by atoms with Crippen molar-refractivity contribution in [2.75, 3.05) is 6.54 Å². The lowest BCUT2D eigenvalue weighted by Crippen LogP contribution is -2.60. The van der Waals surface area contributed by atoms with Crippen LogP contribution in [0.4, 0.5) is 4.39 Å². The first-order valence-corrected chi connectivity index (χ1v) is 10.4. The molecule has 1 aliphatic rings. The second-order valence-electron chi connectivity index (χ2n) is 7.08. The molecule has 1 saturated heterocycles. The predicted molar refractivity (Wildman–Crippen MR) is 98.3 cm³/mol. The quantitative estimate of drug-likeness (QED) is 0.648. The molecule has 0 bridgehead atoms. The second kappa shape index (κ2) is 7.88. The maximum atomic E-state index is 13.2. The molecule has 28 heavy (non-hydrogen) atoms. The number of rotatable bonds is 6. The van der Waals surface area contributed by atoms with E-state index < -0.39 is 46.3 Å². The van der Waals surface area contributed by atoms with Gasteiger partial charge in [-0.15, -0.1) is 0 Å². The first kappa shape index (κ1) is 20.9. The van der Waals surface area contributed by atoms with Crippen molar-refractivity contribution in [1.82, 2.24) is 14.3 Å². The number of imidazole rings is 1. The number of sulfonamides is 1. The summed E-state index contributed by atoms with van der Waals surface area (Å²) in [7, 11) is -2.32. The fourth-order valence-electron chi connectivity index (χ4n) is 3.31. The van der Waals surface area contributed by atoms with E-state index in [9.17, 15) is 23.0 Å². The molecule has 0 spiro atoms. The van der Waals surface area contributed by atoms with Crippen LogP contribution in [-0.4, -0.2) is 52.5 Å². The number of hydrogen-bond donors (Lipinski definition) is 3. The molecule has 0 amide bonds. The van der Waals surface area contributed by atoms with Crippen molar-refractivity contribution in [2.45, 2.75) is 48.7 Å². The number of nitrogens with one attached hydrogen (secondary N) is 1. The number of aliphatic hydroxyl groups is 2. The van der Waals surface area contributed by atoms with Gasteiger partial charge in [0.25, 0.3) is 10.0 Å². The van der Waals surface area contributed by atoms with Crippen LogP contribution >= 0.6 is 0 Å². The normalized spacial score (nSPS) is 28.4. The highest BCUT2D eigenvalue weighted by atomic mass is 32.2. The van der Waals surface area contributed by atoms with Crippen LogP contribution in [0.25, 0.3) is 0 Å². The van der Waals surface area contributed by atoms with E-state index in [1.807, 2.05) is 0 Å². The van der Waals surface area contributed by atoms with E-state index in [2.05, 4.69) is 9.71 Å². The van der Waals surface area contributed by atoms with E-state index in [0.29, 0.717) is 12.0 Å². The lowest BCUT2D eigenvalue weighted by Gasteiger charge is -2.45. The third kappa shape index (κ3) is 4.26. The molecule has 3 N–H and O–H groups in total. The summed E-state index contributed by atoms with van der Waals surface area (Å²) >= 11 is 0. The van der Waals surface area contributed by atoms with Crippen LogP contribution in [0.1, 0.15) is 31.4 Å². The highest BCUT2D eigenvalue weighted by Gasteiger charge is 2.48. The molecular weight excluding hydrogens is 389 g/mol. The van der Waals surface area contributed by atoms with Crippen molar-refractivity contribution in [3.05, 3.63) is 48.2 Å². The smallest absolute Gasteiger partial charge is 0.259 e. The molecule has 2 aromatic rings. The van der Waals surface area contributed by atoms with Gasteiger partial charge in [0.2, 0.25) is 0 Å². The predicted octanol–water partition coefficient (Wildman–Crippen LogP) is 0.870. The Bertz CT molecular complexity index is 918. The van der Waals surface area contributed by atoms with Crippen LogP contribution < -0.4 is 4.72 Å². The van der Waals surface area contributed by atoms with Gasteiger partial charge in [-0.2, -0.15) is 0 Å². The molecule has 0 saturated carbocycles. The molecule has 1 fully saturated rings. The van der Waals surface area contributed by atoms with Gasteiger partial charge in [0.15, 0.2) is 5.03 Å². The Morgan fingerprint density at radius 1 is 1.39 bits per heavy atom. The third-order valence-electron chi connectivity index (χ3n) is 4.95. The summed E-state index contributed by atoms with van der Waals surface area (Å²) in [4.78, 5) is 3.80. The van der Waals surface area contributed by atoms with Crippen LogP contribution in [-0.2, 0) is 21.8 Å². The van der Waals surface area contributed by atoms with Gasteiger partial charge in [0.1, 0.15) is 17.5 Å². The number of halogens is 1. The lowest BCUT2D eigenvalue weighted by molar-refractivity contribution is -0.215. The summed E-state index contributed by atoms with van der Waals surface area (Å²) in [5.74, 6) is -0.398. The first-order chi connectivity index (χ1) is 13.1. The molecule has 0 unspecified atom stereocenters. The van der Waals surface area contributed by atoms with Crippen molar-refractivity contribution < 1.29 is 27.8 Å². The molecule has 1 aliphatic heterocycles. The number of aromatic nitrogens is 2. The number of nitrogens with zero attached hydrogens (tertiary/aromatic N) is 2. The molecule has 3 rings (SSSR count). The monoisotopic (exact) mass is 413 g/mol. The zero-order chi connectivity index (χ0) is 20.5. The lowest BCUT2D eigenvalue weighted by atomic mass is 9.81. The van der Waals surface area contributed by atoms with E-state index in [4.69, 9.17) is 4.74 Å². The van der Waals surface area contributed by atoms with Gasteiger partial charge in [0.05, 0.1) is 18.5 Å². The van der Waals surface area contributed by atoms with E-state index in [1.165, 1.54) is 29.2 Å². The number of aliphatic hydroxyl groups excluding tert-OH is 1. The fraction of sp³-hybridized carbons (Fsp3) is 0.500. The summed E-state index contributed by atoms with van der Waals surface area (Å²) in [6, 6.07) is 5.66. The van der Waals surface area contributed by atoms with Gasteiger partial charge in [-0.05, 0) is 24.1 Å². The van der Waals surface area contributed by atoms with Crippen molar-refractivity contribution in [3.8, 4) is 0 Å². The molecule has 154 valence electrons. The van der Waals surface area contributed by atoms with Crippen molar-refractivity contribution in [3.63, 3.8) is 0 Å². The van der Waals surface area contributed by atoms with Crippen LogP contribution in [0.15, 0.2) is 41.8 Å². The molecule has 8 nitrogen and oxygen atoms in total. The number of ether oxygens (including phenoxy) is 1. The number of hydrogen-bond acceptors (Lipinski definition) is 6. The Balaban J connectivity index is 1.81. The highest BCUT2D eigenvalue weighted by Crippen LogP contribution is 2.38. The minimum absolute atomic E-state index is 0.0545. The van der Waals surface area contributed by atoms with E-state index in [-0.39, 0.29) is 11.4 Å². The van der Waals surface area contributed by atoms with E-state index >= 15 is 0 Å². The van der Waals surface area contributed by atoms with Crippen LogP contribution in [0, 0.1) is 5.82 Å². The molecule has 0 aliphatic carbocycles. The molecule has 0 radical (unpaired) electrons.